The molecular formula is C46H28N4S2. The van der Waals surface area contributed by atoms with Crippen molar-refractivity contribution < 1.29 is 0 Å². The zero-order valence-electron chi connectivity index (χ0n) is 27.8. The van der Waals surface area contributed by atoms with Gasteiger partial charge in [0.2, 0.25) is 0 Å². The lowest BCUT2D eigenvalue weighted by molar-refractivity contribution is 1.08. The standard InChI is InChI=1S/C46H28N4S2/c1-4-14-29(15-5-1)32-26-33(30-16-6-2-7-17-30)28-34(27-32)44-48-43(31-18-8-3-9-19-31)49-45(50-44)35-20-12-24-39-41(35)42-36(21-13-25-40(42)51-39)46-47-37-22-10-11-23-38(37)52-46/h1-28H. The first-order valence-corrected chi connectivity index (χ1v) is 18.8. The average molecular weight is 701 g/mol. The van der Waals surface area contributed by atoms with Crippen LogP contribution in [0.2, 0.25) is 0 Å². The van der Waals surface area contributed by atoms with E-state index in [0.717, 1.165) is 60.4 Å². The fourth-order valence-electron chi connectivity index (χ4n) is 6.91. The van der Waals surface area contributed by atoms with Crippen molar-refractivity contribution in [2.75, 3.05) is 0 Å². The van der Waals surface area contributed by atoms with Gasteiger partial charge in [0.25, 0.3) is 0 Å². The van der Waals surface area contributed by atoms with Crippen molar-refractivity contribution in [1.82, 2.24) is 19.9 Å². The highest BCUT2D eigenvalue weighted by atomic mass is 32.1. The summed E-state index contributed by atoms with van der Waals surface area (Å²) in [5.41, 5.74) is 9.45. The maximum absolute atomic E-state index is 5.31. The number of nitrogens with zero attached hydrogens (tertiary/aromatic N) is 4. The summed E-state index contributed by atoms with van der Waals surface area (Å²) in [4.78, 5) is 20.8. The molecule has 4 nitrogen and oxygen atoms in total. The van der Waals surface area contributed by atoms with Gasteiger partial charge in [-0.25, -0.2) is 19.9 Å². The van der Waals surface area contributed by atoms with E-state index in [-0.39, 0.29) is 0 Å². The molecule has 244 valence electrons. The highest BCUT2D eigenvalue weighted by Gasteiger charge is 2.21. The van der Waals surface area contributed by atoms with E-state index in [9.17, 15) is 0 Å². The normalized spacial score (nSPS) is 11.5. The lowest BCUT2D eigenvalue weighted by Gasteiger charge is -2.13. The molecular weight excluding hydrogens is 673 g/mol. The summed E-state index contributed by atoms with van der Waals surface area (Å²) in [5, 5.41) is 3.32. The first-order chi connectivity index (χ1) is 25.7. The molecule has 3 aromatic heterocycles. The Morgan fingerprint density at radius 2 is 0.788 bits per heavy atom. The molecule has 0 atom stereocenters. The maximum atomic E-state index is 5.31. The summed E-state index contributed by atoms with van der Waals surface area (Å²) in [7, 11) is 0. The number of fused-ring (bicyclic) bond motifs is 4. The number of thiazole rings is 1. The van der Waals surface area contributed by atoms with Crippen LogP contribution >= 0.6 is 22.7 Å². The topological polar surface area (TPSA) is 51.6 Å². The first kappa shape index (κ1) is 30.5. The number of rotatable bonds is 6. The van der Waals surface area contributed by atoms with Crippen LogP contribution in [0.4, 0.5) is 0 Å². The average Bonchev–Trinajstić information content (AvgIpc) is 3.84. The van der Waals surface area contributed by atoms with Crippen LogP contribution in [0, 0.1) is 0 Å². The second-order valence-electron chi connectivity index (χ2n) is 12.6. The van der Waals surface area contributed by atoms with E-state index in [0.29, 0.717) is 17.5 Å². The molecule has 0 spiro atoms. The van der Waals surface area contributed by atoms with Crippen LogP contribution in [-0.4, -0.2) is 19.9 Å². The van der Waals surface area contributed by atoms with Crippen molar-refractivity contribution in [3.63, 3.8) is 0 Å². The van der Waals surface area contributed by atoms with Crippen molar-refractivity contribution in [3.8, 4) is 67.0 Å². The Hall–Kier alpha value is -6.34. The van der Waals surface area contributed by atoms with Crippen molar-refractivity contribution in [1.29, 1.82) is 0 Å². The Kier molecular flexibility index (Phi) is 7.48. The Balaban J connectivity index is 1.23. The fourth-order valence-corrected chi connectivity index (χ4v) is 9.07. The minimum absolute atomic E-state index is 0.627. The van der Waals surface area contributed by atoms with E-state index in [1.54, 1.807) is 22.7 Å². The Morgan fingerprint density at radius 1 is 0.308 bits per heavy atom. The molecule has 7 aromatic carbocycles. The molecule has 0 fully saturated rings. The number of benzene rings is 7. The minimum Gasteiger partial charge on any atom is -0.236 e. The number of hydrogen-bond donors (Lipinski definition) is 0. The van der Waals surface area contributed by atoms with E-state index >= 15 is 0 Å². The van der Waals surface area contributed by atoms with Gasteiger partial charge in [-0.15, -0.1) is 22.7 Å². The molecule has 0 amide bonds. The molecule has 3 heterocycles. The Morgan fingerprint density at radius 3 is 1.42 bits per heavy atom. The predicted molar refractivity (Wildman–Crippen MR) is 219 cm³/mol. The summed E-state index contributed by atoms with van der Waals surface area (Å²) in [5.74, 6) is 1.90. The fraction of sp³-hybridized carbons (Fsp3) is 0. The van der Waals surface area contributed by atoms with Crippen molar-refractivity contribution >= 4 is 53.1 Å². The maximum Gasteiger partial charge on any atom is 0.164 e. The largest absolute Gasteiger partial charge is 0.236 e. The molecule has 0 saturated carbocycles. The molecule has 0 aliphatic carbocycles. The summed E-state index contributed by atoms with van der Waals surface area (Å²) in [6.07, 6.45) is 0. The van der Waals surface area contributed by atoms with Gasteiger partial charge in [0.1, 0.15) is 5.01 Å². The lowest BCUT2D eigenvalue weighted by atomic mass is 9.95. The van der Waals surface area contributed by atoms with E-state index in [1.807, 2.05) is 36.4 Å². The van der Waals surface area contributed by atoms with Crippen LogP contribution in [0.5, 0.6) is 0 Å². The minimum atomic E-state index is 0.627. The first-order valence-electron chi connectivity index (χ1n) is 17.1. The van der Waals surface area contributed by atoms with Gasteiger partial charge in [-0.3, -0.25) is 0 Å². The molecule has 0 unspecified atom stereocenters. The van der Waals surface area contributed by atoms with E-state index in [1.165, 1.54) is 19.5 Å². The predicted octanol–water partition coefficient (Wildman–Crippen LogP) is 12.9. The Labute approximate surface area is 308 Å². The van der Waals surface area contributed by atoms with Gasteiger partial charge < -0.3 is 0 Å². The molecule has 0 saturated heterocycles. The molecule has 0 bridgehead atoms. The zero-order valence-corrected chi connectivity index (χ0v) is 29.4. The summed E-state index contributed by atoms with van der Waals surface area (Å²) in [6, 6.07) is 59.1. The third-order valence-corrected chi connectivity index (χ3v) is 11.6. The zero-order chi connectivity index (χ0) is 34.4. The molecule has 0 radical (unpaired) electrons. The van der Waals surface area contributed by atoms with Crippen molar-refractivity contribution in [2.45, 2.75) is 0 Å². The number of hydrogen-bond acceptors (Lipinski definition) is 6. The number of para-hydroxylation sites is 1. The van der Waals surface area contributed by atoms with E-state index in [4.69, 9.17) is 19.9 Å². The lowest BCUT2D eigenvalue weighted by Crippen LogP contribution is -2.01. The second-order valence-corrected chi connectivity index (χ2v) is 14.8. The van der Waals surface area contributed by atoms with Crippen LogP contribution in [0.3, 0.4) is 0 Å². The van der Waals surface area contributed by atoms with Crippen LogP contribution < -0.4 is 0 Å². The second kappa shape index (κ2) is 12.8. The number of aromatic nitrogens is 4. The number of thiophene rings is 1. The van der Waals surface area contributed by atoms with Crippen molar-refractivity contribution in [2.24, 2.45) is 0 Å². The Bertz CT molecular complexity index is 2810. The van der Waals surface area contributed by atoms with Crippen LogP contribution in [0.25, 0.3) is 97.4 Å². The molecule has 0 aliphatic heterocycles. The quantitative estimate of drug-likeness (QED) is 0.173. The van der Waals surface area contributed by atoms with Gasteiger partial charge in [-0.2, -0.15) is 0 Å². The van der Waals surface area contributed by atoms with Gasteiger partial charge in [-0.05, 0) is 64.7 Å². The SMILES string of the molecule is c1ccc(-c2cc(-c3ccccc3)cc(-c3nc(-c4ccccc4)nc(-c4cccc5sc6cccc(-c7nc8ccccc8s7)c6c45)n3)c2)cc1. The third kappa shape index (κ3) is 5.46. The molecule has 10 aromatic rings. The van der Waals surface area contributed by atoms with Gasteiger partial charge >= 0.3 is 0 Å². The third-order valence-electron chi connectivity index (χ3n) is 9.36. The summed E-state index contributed by atoms with van der Waals surface area (Å²) >= 11 is 3.52. The monoisotopic (exact) mass is 700 g/mol. The van der Waals surface area contributed by atoms with Crippen LogP contribution in [-0.2, 0) is 0 Å². The van der Waals surface area contributed by atoms with Gasteiger partial charge in [-0.1, -0.05) is 127 Å². The van der Waals surface area contributed by atoms with Gasteiger partial charge in [0.15, 0.2) is 17.5 Å². The molecule has 52 heavy (non-hydrogen) atoms. The highest BCUT2D eigenvalue weighted by molar-refractivity contribution is 7.26. The molecule has 6 heteroatoms. The van der Waals surface area contributed by atoms with E-state index in [2.05, 4.69) is 133 Å². The van der Waals surface area contributed by atoms with Gasteiger partial charge in [0, 0.05) is 42.4 Å². The smallest absolute Gasteiger partial charge is 0.164 e. The van der Waals surface area contributed by atoms with Crippen LogP contribution in [0.1, 0.15) is 0 Å². The summed E-state index contributed by atoms with van der Waals surface area (Å²) < 4.78 is 3.57. The molecule has 0 N–H and O–H groups in total. The van der Waals surface area contributed by atoms with Gasteiger partial charge in [0.05, 0.1) is 10.2 Å². The highest BCUT2D eigenvalue weighted by Crippen LogP contribution is 2.45. The molecule has 10 rings (SSSR count). The van der Waals surface area contributed by atoms with E-state index < -0.39 is 0 Å². The van der Waals surface area contributed by atoms with Crippen molar-refractivity contribution in [3.05, 3.63) is 170 Å². The summed E-state index contributed by atoms with van der Waals surface area (Å²) in [6.45, 7) is 0. The molecule has 0 aliphatic rings. The van der Waals surface area contributed by atoms with Crippen LogP contribution in [0.15, 0.2) is 170 Å².